The molecule has 2 amide bonds. The third-order valence-corrected chi connectivity index (χ3v) is 5.10. The van der Waals surface area contributed by atoms with Gasteiger partial charge in [-0.25, -0.2) is 0 Å². The van der Waals surface area contributed by atoms with E-state index >= 15 is 0 Å². The first-order valence-corrected chi connectivity index (χ1v) is 9.01. The number of rotatable bonds is 3. The maximum absolute atomic E-state index is 12.7. The van der Waals surface area contributed by atoms with Crippen molar-refractivity contribution < 1.29 is 14.3 Å². The molecule has 3 aromatic rings. The molecule has 1 aliphatic rings. The van der Waals surface area contributed by atoms with E-state index in [9.17, 15) is 9.59 Å². The fourth-order valence-corrected chi connectivity index (χ4v) is 3.48. The molecule has 2 aromatic carbocycles. The molecular weight excluding hydrogens is 348 g/mol. The first kappa shape index (κ1) is 16.4. The van der Waals surface area contributed by atoms with E-state index in [4.69, 9.17) is 4.74 Å². The van der Waals surface area contributed by atoms with Gasteiger partial charge in [0.25, 0.3) is 11.8 Å². The molecule has 0 radical (unpaired) electrons. The first-order valence-electron chi connectivity index (χ1n) is 8.13. The number of hydrogen-bond donors (Lipinski definition) is 1. The van der Waals surface area contributed by atoms with Gasteiger partial charge in [0.2, 0.25) is 0 Å². The molecule has 0 unspecified atom stereocenters. The Hall–Kier alpha value is -3.12. The smallest absolute Gasteiger partial charge is 0.261 e. The molecule has 0 saturated carbocycles. The van der Waals surface area contributed by atoms with E-state index in [1.807, 2.05) is 23.6 Å². The van der Waals surface area contributed by atoms with E-state index in [0.717, 1.165) is 4.88 Å². The van der Waals surface area contributed by atoms with Crippen molar-refractivity contribution in [3.8, 4) is 11.5 Å². The lowest BCUT2D eigenvalue weighted by molar-refractivity contribution is 0.0949. The van der Waals surface area contributed by atoms with Crippen molar-refractivity contribution in [2.75, 3.05) is 11.9 Å². The zero-order valence-corrected chi connectivity index (χ0v) is 14.9. The number of anilines is 1. The maximum atomic E-state index is 12.7. The molecule has 0 bridgehead atoms. The number of nitrogens with one attached hydrogen (secondary N) is 1. The molecule has 0 saturated heterocycles. The summed E-state index contributed by atoms with van der Waals surface area (Å²) in [6.07, 6.45) is 0. The average Bonchev–Trinajstić information content (AvgIpc) is 3.16. The van der Waals surface area contributed by atoms with Gasteiger partial charge in [-0.3, -0.25) is 9.59 Å². The largest absolute Gasteiger partial charge is 0.454 e. The zero-order chi connectivity index (χ0) is 18.1. The molecule has 4 rings (SSSR count). The van der Waals surface area contributed by atoms with Crippen molar-refractivity contribution in [3.05, 3.63) is 76.0 Å². The fraction of sp³-hybridized carbons (Fsp3) is 0.100. The molecule has 2 heterocycles. The van der Waals surface area contributed by atoms with Gasteiger partial charge >= 0.3 is 0 Å². The molecule has 1 N–H and O–H groups in total. The molecule has 0 fully saturated rings. The van der Waals surface area contributed by atoms with Gasteiger partial charge in [0, 0.05) is 17.5 Å². The van der Waals surface area contributed by atoms with Crippen LogP contribution in [0.15, 0.2) is 60.0 Å². The van der Waals surface area contributed by atoms with Gasteiger partial charge in [-0.2, -0.15) is 0 Å². The highest BCUT2D eigenvalue weighted by Crippen LogP contribution is 2.38. The third-order valence-electron chi connectivity index (χ3n) is 4.23. The van der Waals surface area contributed by atoms with E-state index in [1.165, 1.54) is 4.90 Å². The van der Waals surface area contributed by atoms with E-state index in [0.29, 0.717) is 34.9 Å². The number of carbonyl (C=O) groups excluding carboxylic acids is 2. The van der Waals surface area contributed by atoms with Crippen LogP contribution in [0.5, 0.6) is 11.5 Å². The molecule has 0 spiro atoms. The summed E-state index contributed by atoms with van der Waals surface area (Å²) >= 11 is 1.59. The summed E-state index contributed by atoms with van der Waals surface area (Å²) in [6.45, 7) is 0.476. The van der Waals surface area contributed by atoms with Gasteiger partial charge in [0.1, 0.15) is 5.75 Å². The van der Waals surface area contributed by atoms with Crippen molar-refractivity contribution >= 4 is 28.8 Å². The Balaban J connectivity index is 1.62. The Labute approximate surface area is 154 Å². The number of hydrogen-bond acceptors (Lipinski definition) is 4. The van der Waals surface area contributed by atoms with Crippen LogP contribution in [0.4, 0.5) is 5.69 Å². The van der Waals surface area contributed by atoms with Crippen LogP contribution in [0.2, 0.25) is 0 Å². The van der Waals surface area contributed by atoms with Gasteiger partial charge in [0.15, 0.2) is 5.75 Å². The first-order chi connectivity index (χ1) is 12.6. The number of amides is 2. The Kier molecular flexibility index (Phi) is 4.18. The third kappa shape index (κ3) is 2.95. The summed E-state index contributed by atoms with van der Waals surface area (Å²) < 4.78 is 5.90. The minimum atomic E-state index is -0.191. The number of para-hydroxylation sites is 1. The summed E-state index contributed by atoms with van der Waals surface area (Å²) in [4.78, 5) is 27.8. The fourth-order valence-electron chi connectivity index (χ4n) is 2.83. The summed E-state index contributed by atoms with van der Waals surface area (Å²) in [5.41, 5.74) is 1.54. The second-order valence-electron chi connectivity index (χ2n) is 5.91. The van der Waals surface area contributed by atoms with Gasteiger partial charge in [-0.15, -0.1) is 11.3 Å². The van der Waals surface area contributed by atoms with Gasteiger partial charge in [0.05, 0.1) is 17.8 Å². The van der Waals surface area contributed by atoms with Crippen molar-refractivity contribution in [1.82, 2.24) is 5.32 Å². The molecule has 0 atom stereocenters. The van der Waals surface area contributed by atoms with Gasteiger partial charge < -0.3 is 15.0 Å². The number of thiophene rings is 1. The van der Waals surface area contributed by atoms with E-state index in [-0.39, 0.29) is 11.8 Å². The highest BCUT2D eigenvalue weighted by Gasteiger charge is 2.26. The number of benzene rings is 2. The predicted molar refractivity (Wildman–Crippen MR) is 101 cm³/mol. The van der Waals surface area contributed by atoms with Crippen LogP contribution in [0.3, 0.4) is 0 Å². The number of nitrogens with zero attached hydrogens (tertiary/aromatic N) is 1. The van der Waals surface area contributed by atoms with E-state index < -0.39 is 0 Å². The second kappa shape index (κ2) is 6.65. The Morgan fingerprint density at radius 1 is 1.12 bits per heavy atom. The van der Waals surface area contributed by atoms with Crippen LogP contribution in [0, 0.1) is 0 Å². The summed E-state index contributed by atoms with van der Waals surface area (Å²) in [5, 5.41) is 4.87. The quantitative estimate of drug-likeness (QED) is 0.762. The Morgan fingerprint density at radius 3 is 2.77 bits per heavy atom. The van der Waals surface area contributed by atoms with Gasteiger partial charge in [-0.1, -0.05) is 18.2 Å². The summed E-state index contributed by atoms with van der Waals surface area (Å²) in [5.74, 6) is 0.693. The van der Waals surface area contributed by atoms with Crippen molar-refractivity contribution in [2.24, 2.45) is 0 Å². The van der Waals surface area contributed by atoms with Crippen LogP contribution in [0.1, 0.15) is 25.6 Å². The van der Waals surface area contributed by atoms with Crippen LogP contribution < -0.4 is 15.0 Å². The number of fused-ring (bicyclic) bond motifs is 2. The number of carbonyl (C=O) groups is 2. The lowest BCUT2D eigenvalue weighted by atomic mass is 10.1. The molecule has 1 aliphatic heterocycles. The topological polar surface area (TPSA) is 58.6 Å². The molecule has 130 valence electrons. The van der Waals surface area contributed by atoms with Crippen LogP contribution >= 0.6 is 11.3 Å². The van der Waals surface area contributed by atoms with Crippen LogP contribution in [-0.4, -0.2) is 18.9 Å². The average molecular weight is 364 g/mol. The summed E-state index contributed by atoms with van der Waals surface area (Å²) in [6, 6.07) is 16.1. The highest BCUT2D eigenvalue weighted by atomic mass is 32.1. The second-order valence-corrected chi connectivity index (χ2v) is 6.94. The molecule has 5 nitrogen and oxygen atoms in total. The Morgan fingerprint density at radius 2 is 1.96 bits per heavy atom. The monoisotopic (exact) mass is 364 g/mol. The number of ether oxygens (including phenoxy) is 1. The molecule has 0 aliphatic carbocycles. The van der Waals surface area contributed by atoms with E-state index in [2.05, 4.69) is 5.32 Å². The van der Waals surface area contributed by atoms with Crippen molar-refractivity contribution in [3.63, 3.8) is 0 Å². The standard InChI is InChI=1S/C20H16N2O3S/c1-22-16-11-13(19(23)21-12-14-5-4-10-26-14)8-9-18(16)25-17-7-3-2-6-15(17)20(22)24/h2-11H,12H2,1H3,(H,21,23). The molecule has 6 heteroatoms. The molecule has 1 aromatic heterocycles. The maximum Gasteiger partial charge on any atom is 0.261 e. The van der Waals surface area contributed by atoms with Gasteiger partial charge in [-0.05, 0) is 41.8 Å². The lowest BCUT2D eigenvalue weighted by Crippen LogP contribution is -2.26. The van der Waals surface area contributed by atoms with Crippen molar-refractivity contribution in [2.45, 2.75) is 6.54 Å². The highest BCUT2D eigenvalue weighted by molar-refractivity contribution is 7.09. The van der Waals surface area contributed by atoms with Crippen LogP contribution in [0.25, 0.3) is 0 Å². The summed E-state index contributed by atoms with van der Waals surface area (Å²) in [7, 11) is 1.68. The van der Waals surface area contributed by atoms with Crippen LogP contribution in [-0.2, 0) is 6.54 Å². The predicted octanol–water partition coefficient (Wildman–Crippen LogP) is 4.06. The SMILES string of the molecule is CN1C(=O)c2ccccc2Oc2ccc(C(=O)NCc3cccs3)cc21. The Bertz CT molecular complexity index is 982. The molecule has 26 heavy (non-hydrogen) atoms. The minimum Gasteiger partial charge on any atom is -0.454 e. The van der Waals surface area contributed by atoms with Crippen molar-refractivity contribution in [1.29, 1.82) is 0 Å². The van der Waals surface area contributed by atoms with E-state index in [1.54, 1.807) is 54.8 Å². The normalized spacial score (nSPS) is 12.7. The zero-order valence-electron chi connectivity index (χ0n) is 14.1. The molecular formula is C20H16N2O3S. The lowest BCUT2D eigenvalue weighted by Gasteiger charge is -2.17. The minimum absolute atomic E-state index is 0.171.